The van der Waals surface area contributed by atoms with Gasteiger partial charge in [0.15, 0.2) is 11.2 Å². The summed E-state index contributed by atoms with van der Waals surface area (Å²) in [5, 5.41) is -0.228. The Morgan fingerprint density at radius 2 is 1.89 bits per heavy atom. The van der Waals surface area contributed by atoms with Crippen molar-refractivity contribution in [2.45, 2.75) is 19.9 Å². The van der Waals surface area contributed by atoms with E-state index < -0.39 is 23.7 Å². The number of nitrogens with zero attached hydrogens (tertiary/aromatic N) is 3. The normalized spacial score (nSPS) is 14.6. The second-order valence-electron chi connectivity index (χ2n) is 6.65. The fraction of sp³-hybridized carbons (Fsp3) is 0.421. The maximum absolute atomic E-state index is 15.3. The second kappa shape index (κ2) is 8.04. The first kappa shape index (κ1) is 19.9. The summed E-state index contributed by atoms with van der Waals surface area (Å²) in [4.78, 5) is 37.8. The van der Waals surface area contributed by atoms with E-state index in [1.807, 2.05) is 0 Å². The van der Waals surface area contributed by atoms with Gasteiger partial charge >= 0.3 is 0 Å². The summed E-state index contributed by atoms with van der Waals surface area (Å²) >= 11 is 0. The molecule has 150 valence electrons. The van der Waals surface area contributed by atoms with Crippen molar-refractivity contribution in [3.8, 4) is 0 Å². The van der Waals surface area contributed by atoms with Crippen molar-refractivity contribution in [1.82, 2.24) is 9.47 Å². The van der Waals surface area contributed by atoms with Crippen LogP contribution in [0.15, 0.2) is 17.1 Å². The molecule has 1 aliphatic rings. The molecule has 0 saturated carbocycles. The van der Waals surface area contributed by atoms with Crippen molar-refractivity contribution in [3.05, 3.63) is 39.7 Å². The molecule has 0 unspecified atom stereocenters. The molecule has 3 rings (SSSR count). The molecular weight excluding hydrogens is 375 g/mol. The number of pyridine rings is 1. The highest BCUT2D eigenvalue weighted by atomic mass is 19.1. The molecule has 0 spiro atoms. The van der Waals surface area contributed by atoms with E-state index in [1.54, 1.807) is 4.90 Å². The second-order valence-corrected chi connectivity index (χ2v) is 6.65. The van der Waals surface area contributed by atoms with Crippen LogP contribution in [0, 0.1) is 11.6 Å². The number of aryl methyl sites for hydroxylation is 1. The zero-order chi connectivity index (χ0) is 20.4. The molecule has 0 aliphatic carbocycles. The molecule has 0 bridgehead atoms. The molecule has 9 heteroatoms. The molecule has 0 N–H and O–H groups in total. The summed E-state index contributed by atoms with van der Waals surface area (Å²) in [6.07, 6.45) is 1.54. The zero-order valence-corrected chi connectivity index (χ0v) is 15.4. The smallest absolute Gasteiger partial charge is 0.219 e. The average Bonchev–Trinajstić information content (AvgIpc) is 2.66. The van der Waals surface area contributed by atoms with Crippen LogP contribution in [0.1, 0.15) is 12.5 Å². The highest BCUT2D eigenvalue weighted by molar-refractivity contribution is 5.85. The van der Waals surface area contributed by atoms with Crippen molar-refractivity contribution >= 4 is 28.8 Å². The lowest BCUT2D eigenvalue weighted by atomic mass is 10.1. The number of halogens is 3. The Morgan fingerprint density at radius 3 is 2.46 bits per heavy atom. The van der Waals surface area contributed by atoms with E-state index in [9.17, 15) is 23.2 Å². The molecule has 1 amide bonds. The summed E-state index contributed by atoms with van der Waals surface area (Å²) in [6, 6.07) is 0.941. The number of rotatable bonds is 5. The molecular formula is C19H20F3N3O3. The number of hydrogen-bond acceptors (Lipinski definition) is 4. The lowest BCUT2D eigenvalue weighted by Gasteiger charge is -2.36. The number of aldehydes is 1. The number of carbonyl (C=O) groups is 2. The van der Waals surface area contributed by atoms with E-state index in [1.165, 1.54) is 22.6 Å². The highest BCUT2D eigenvalue weighted by Gasteiger charge is 2.27. The number of benzene rings is 1. The van der Waals surface area contributed by atoms with Crippen molar-refractivity contribution in [2.24, 2.45) is 0 Å². The van der Waals surface area contributed by atoms with Gasteiger partial charge in [-0.15, -0.1) is 0 Å². The number of anilines is 1. The minimum atomic E-state index is -0.950. The summed E-state index contributed by atoms with van der Waals surface area (Å²) in [7, 11) is 0. The third kappa shape index (κ3) is 3.48. The molecule has 2 heterocycles. The predicted octanol–water partition coefficient (Wildman–Crippen LogP) is 1.66. The van der Waals surface area contributed by atoms with Gasteiger partial charge in [0.25, 0.3) is 0 Å². The summed E-state index contributed by atoms with van der Waals surface area (Å²) < 4.78 is 44.3. The van der Waals surface area contributed by atoms with Crippen molar-refractivity contribution in [2.75, 3.05) is 37.8 Å². The van der Waals surface area contributed by atoms with Crippen molar-refractivity contribution < 1.29 is 22.8 Å². The number of fused-ring (bicyclic) bond motifs is 1. The Morgan fingerprint density at radius 1 is 1.21 bits per heavy atom. The Bertz CT molecular complexity index is 982. The van der Waals surface area contributed by atoms with Gasteiger partial charge in [-0.2, -0.15) is 0 Å². The molecule has 1 saturated heterocycles. The topological polar surface area (TPSA) is 62.6 Å². The highest BCUT2D eigenvalue weighted by Crippen LogP contribution is 2.30. The van der Waals surface area contributed by atoms with E-state index in [2.05, 4.69) is 0 Å². The Balaban J connectivity index is 2.15. The van der Waals surface area contributed by atoms with E-state index in [-0.39, 0.29) is 54.1 Å². The van der Waals surface area contributed by atoms with Crippen LogP contribution in [-0.2, 0) is 22.6 Å². The minimum absolute atomic E-state index is 0.0533. The number of amides is 1. The Labute approximate surface area is 159 Å². The fourth-order valence-corrected chi connectivity index (χ4v) is 3.57. The van der Waals surface area contributed by atoms with Crippen LogP contribution in [0.4, 0.5) is 18.9 Å². The molecule has 1 aliphatic heterocycles. The van der Waals surface area contributed by atoms with E-state index >= 15 is 4.39 Å². The fourth-order valence-electron chi connectivity index (χ4n) is 3.57. The number of alkyl halides is 1. The van der Waals surface area contributed by atoms with Crippen LogP contribution in [0.25, 0.3) is 10.9 Å². The van der Waals surface area contributed by atoms with E-state index in [4.69, 9.17) is 0 Å². The number of piperazine rings is 1. The van der Waals surface area contributed by atoms with Crippen molar-refractivity contribution in [3.63, 3.8) is 0 Å². The lowest BCUT2D eigenvalue weighted by Crippen LogP contribution is -2.48. The molecule has 1 aromatic heterocycles. The molecule has 0 atom stereocenters. The quantitative estimate of drug-likeness (QED) is 0.723. The minimum Gasteiger partial charge on any atom is -0.363 e. The molecule has 6 nitrogen and oxygen atoms in total. The standard InChI is InChI=1S/C19H20F3N3O3/c1-12(27)23-5-7-24(8-6-23)18-15(21)10-14-17(16(18)22)25(4-3-20)11-13(2-9-26)19(14)28/h9-11H,2-8H2,1H3. The maximum atomic E-state index is 15.3. The molecule has 0 radical (unpaired) electrons. The zero-order valence-electron chi connectivity index (χ0n) is 15.4. The van der Waals surface area contributed by atoms with Crippen LogP contribution in [0.3, 0.4) is 0 Å². The van der Waals surface area contributed by atoms with Crippen LogP contribution >= 0.6 is 0 Å². The van der Waals surface area contributed by atoms with E-state index in [0.29, 0.717) is 19.4 Å². The number of aromatic nitrogens is 1. The number of carbonyl (C=O) groups excluding carboxylic acids is 2. The van der Waals surface area contributed by atoms with Crippen LogP contribution < -0.4 is 10.3 Å². The van der Waals surface area contributed by atoms with Gasteiger partial charge in [-0.1, -0.05) is 0 Å². The number of hydrogen-bond donors (Lipinski definition) is 0. The predicted molar refractivity (Wildman–Crippen MR) is 98.3 cm³/mol. The van der Waals surface area contributed by atoms with Gasteiger partial charge in [-0.05, 0) is 6.07 Å². The van der Waals surface area contributed by atoms with Crippen LogP contribution in [0.5, 0.6) is 0 Å². The SMILES string of the molecule is CC(=O)N1CCN(c2c(F)cc3c(=O)c(CC=O)cn(CCF)c3c2F)CC1. The Hall–Kier alpha value is -2.84. The van der Waals surface area contributed by atoms with Crippen molar-refractivity contribution in [1.29, 1.82) is 0 Å². The Kier molecular flexibility index (Phi) is 5.71. The van der Waals surface area contributed by atoms with Gasteiger partial charge in [0.2, 0.25) is 5.91 Å². The average molecular weight is 395 g/mol. The lowest BCUT2D eigenvalue weighted by molar-refractivity contribution is -0.129. The monoisotopic (exact) mass is 395 g/mol. The van der Waals surface area contributed by atoms with Gasteiger partial charge < -0.3 is 19.2 Å². The van der Waals surface area contributed by atoms with Gasteiger partial charge in [0, 0.05) is 51.3 Å². The van der Waals surface area contributed by atoms with Gasteiger partial charge in [-0.25, -0.2) is 13.2 Å². The van der Waals surface area contributed by atoms with E-state index in [0.717, 1.165) is 6.07 Å². The van der Waals surface area contributed by atoms with Crippen LogP contribution in [-0.4, -0.2) is 54.5 Å². The third-order valence-electron chi connectivity index (χ3n) is 4.97. The largest absolute Gasteiger partial charge is 0.363 e. The van der Waals surface area contributed by atoms with Gasteiger partial charge in [0.1, 0.15) is 24.5 Å². The maximum Gasteiger partial charge on any atom is 0.219 e. The third-order valence-corrected chi connectivity index (χ3v) is 4.97. The molecule has 1 fully saturated rings. The molecule has 1 aromatic carbocycles. The van der Waals surface area contributed by atoms with Crippen LogP contribution in [0.2, 0.25) is 0 Å². The molecule has 2 aromatic rings. The van der Waals surface area contributed by atoms with Gasteiger partial charge in [-0.3, -0.25) is 9.59 Å². The van der Waals surface area contributed by atoms with Gasteiger partial charge in [0.05, 0.1) is 17.4 Å². The summed E-state index contributed by atoms with van der Waals surface area (Å²) in [5.74, 6) is -1.97. The molecule has 28 heavy (non-hydrogen) atoms. The summed E-state index contributed by atoms with van der Waals surface area (Å²) in [5.41, 5.74) is -1.09. The first-order chi connectivity index (χ1) is 13.4. The first-order valence-corrected chi connectivity index (χ1v) is 8.93. The summed E-state index contributed by atoms with van der Waals surface area (Å²) in [6.45, 7) is 1.48. The first-order valence-electron chi connectivity index (χ1n) is 8.93.